The molecule has 0 spiro atoms. The van der Waals surface area contributed by atoms with Gasteiger partial charge in [-0.1, -0.05) is 20.3 Å². The largest absolute Gasteiger partial charge is 0.325 e. The van der Waals surface area contributed by atoms with Crippen LogP contribution in [0.15, 0.2) is 0 Å². The van der Waals surface area contributed by atoms with E-state index in [2.05, 4.69) is 20.8 Å². The lowest BCUT2D eigenvalue weighted by molar-refractivity contribution is 0.272. The Kier molecular flexibility index (Phi) is 1.80. The van der Waals surface area contributed by atoms with Crippen LogP contribution in [-0.2, 0) is 0 Å². The van der Waals surface area contributed by atoms with Gasteiger partial charge in [0.15, 0.2) is 0 Å². The predicted molar refractivity (Wildman–Crippen MR) is 44.8 cm³/mol. The van der Waals surface area contributed by atoms with Gasteiger partial charge in [-0.15, -0.1) is 0 Å². The summed E-state index contributed by atoms with van der Waals surface area (Å²) in [7, 11) is 0. The fraction of sp³-hybridized carbons (Fsp3) is 1.00. The Morgan fingerprint density at radius 2 is 2.00 bits per heavy atom. The average Bonchev–Trinajstić information content (AvgIpc) is 2.49. The molecule has 1 atom stereocenters. The van der Waals surface area contributed by atoms with Crippen LogP contribution in [0.25, 0.3) is 0 Å². The van der Waals surface area contributed by atoms with Crippen molar-refractivity contribution in [2.75, 3.05) is 0 Å². The van der Waals surface area contributed by atoms with E-state index in [9.17, 15) is 0 Å². The highest BCUT2D eigenvalue weighted by Crippen LogP contribution is 2.53. The first-order chi connectivity index (χ1) is 4.52. The van der Waals surface area contributed by atoms with Gasteiger partial charge in [0, 0.05) is 5.54 Å². The first-order valence-electron chi connectivity index (χ1n) is 4.31. The van der Waals surface area contributed by atoms with Gasteiger partial charge >= 0.3 is 0 Å². The van der Waals surface area contributed by atoms with Gasteiger partial charge < -0.3 is 5.73 Å². The molecule has 0 bridgehead atoms. The SMILES string of the molecule is CCCC(C)(N)C1(C)CC1. The highest BCUT2D eigenvalue weighted by molar-refractivity contribution is 5.05. The summed E-state index contributed by atoms with van der Waals surface area (Å²) in [5.41, 5.74) is 6.74. The van der Waals surface area contributed by atoms with E-state index in [-0.39, 0.29) is 5.54 Å². The van der Waals surface area contributed by atoms with Gasteiger partial charge in [0.05, 0.1) is 0 Å². The molecule has 1 unspecified atom stereocenters. The van der Waals surface area contributed by atoms with Gasteiger partial charge in [0.25, 0.3) is 0 Å². The van der Waals surface area contributed by atoms with E-state index in [4.69, 9.17) is 5.73 Å². The van der Waals surface area contributed by atoms with Crippen molar-refractivity contribution in [3.05, 3.63) is 0 Å². The first kappa shape index (κ1) is 8.06. The van der Waals surface area contributed by atoms with E-state index in [1.165, 1.54) is 25.7 Å². The molecule has 0 amide bonds. The van der Waals surface area contributed by atoms with E-state index in [0.29, 0.717) is 5.41 Å². The number of nitrogens with two attached hydrogens (primary N) is 1. The molecule has 0 heterocycles. The van der Waals surface area contributed by atoms with E-state index >= 15 is 0 Å². The molecule has 1 aliphatic rings. The second-order valence-corrected chi connectivity index (χ2v) is 4.23. The maximum atomic E-state index is 6.17. The second-order valence-electron chi connectivity index (χ2n) is 4.23. The van der Waals surface area contributed by atoms with Crippen LogP contribution < -0.4 is 5.73 Å². The zero-order valence-electron chi connectivity index (χ0n) is 7.41. The number of hydrogen-bond donors (Lipinski definition) is 1. The Hall–Kier alpha value is -0.0400. The van der Waals surface area contributed by atoms with Crippen molar-refractivity contribution in [1.29, 1.82) is 0 Å². The molecule has 60 valence electrons. The van der Waals surface area contributed by atoms with Gasteiger partial charge in [-0.3, -0.25) is 0 Å². The molecule has 0 aromatic rings. The molecule has 0 aliphatic heterocycles. The van der Waals surface area contributed by atoms with Crippen molar-refractivity contribution in [1.82, 2.24) is 0 Å². The van der Waals surface area contributed by atoms with Crippen LogP contribution in [0.5, 0.6) is 0 Å². The fourth-order valence-electron chi connectivity index (χ4n) is 1.58. The maximum absolute atomic E-state index is 6.17. The van der Waals surface area contributed by atoms with E-state index in [1.54, 1.807) is 0 Å². The zero-order chi connectivity index (χ0) is 7.83. The van der Waals surface area contributed by atoms with Gasteiger partial charge in [0.1, 0.15) is 0 Å². The van der Waals surface area contributed by atoms with Crippen molar-refractivity contribution in [3.63, 3.8) is 0 Å². The van der Waals surface area contributed by atoms with Crippen molar-refractivity contribution in [2.24, 2.45) is 11.1 Å². The van der Waals surface area contributed by atoms with Crippen molar-refractivity contribution < 1.29 is 0 Å². The topological polar surface area (TPSA) is 26.0 Å². The Bertz CT molecular complexity index is 123. The standard InChI is InChI=1S/C9H19N/c1-4-5-9(3,10)8(2)6-7-8/h4-7,10H2,1-3H3. The summed E-state index contributed by atoms with van der Waals surface area (Å²) in [4.78, 5) is 0. The third kappa shape index (κ3) is 1.20. The minimum absolute atomic E-state index is 0.0990. The van der Waals surface area contributed by atoms with Crippen LogP contribution in [0, 0.1) is 5.41 Å². The zero-order valence-corrected chi connectivity index (χ0v) is 7.41. The molecule has 1 heteroatoms. The first-order valence-corrected chi connectivity index (χ1v) is 4.31. The lowest BCUT2D eigenvalue weighted by Crippen LogP contribution is -2.44. The van der Waals surface area contributed by atoms with Gasteiger partial charge in [-0.25, -0.2) is 0 Å². The van der Waals surface area contributed by atoms with Crippen molar-refractivity contribution in [2.45, 2.75) is 52.0 Å². The number of rotatable bonds is 3. The van der Waals surface area contributed by atoms with E-state index in [0.717, 1.165) is 0 Å². The normalized spacial score (nSPS) is 27.6. The molecule has 0 saturated heterocycles. The molecule has 1 saturated carbocycles. The van der Waals surface area contributed by atoms with Crippen LogP contribution in [0.4, 0.5) is 0 Å². The summed E-state index contributed by atoms with van der Waals surface area (Å²) in [6.07, 6.45) is 5.05. The third-order valence-electron chi connectivity index (χ3n) is 3.15. The Labute approximate surface area is 64.0 Å². The minimum Gasteiger partial charge on any atom is -0.325 e. The molecule has 0 aromatic carbocycles. The quantitative estimate of drug-likeness (QED) is 0.641. The summed E-state index contributed by atoms with van der Waals surface area (Å²) in [6, 6.07) is 0. The molecule has 1 nitrogen and oxygen atoms in total. The summed E-state index contributed by atoms with van der Waals surface area (Å²) in [5.74, 6) is 0. The average molecular weight is 141 g/mol. The third-order valence-corrected chi connectivity index (χ3v) is 3.15. The van der Waals surface area contributed by atoms with Crippen molar-refractivity contribution in [3.8, 4) is 0 Å². The Morgan fingerprint density at radius 3 is 2.30 bits per heavy atom. The summed E-state index contributed by atoms with van der Waals surface area (Å²) < 4.78 is 0. The highest BCUT2D eigenvalue weighted by Gasteiger charge is 2.49. The minimum atomic E-state index is 0.0990. The summed E-state index contributed by atoms with van der Waals surface area (Å²) >= 11 is 0. The predicted octanol–water partition coefficient (Wildman–Crippen LogP) is 2.30. The summed E-state index contributed by atoms with van der Waals surface area (Å²) in [5, 5.41) is 0. The van der Waals surface area contributed by atoms with Crippen LogP contribution in [-0.4, -0.2) is 5.54 Å². The molecular weight excluding hydrogens is 122 g/mol. The smallest absolute Gasteiger partial charge is 0.0180 e. The molecule has 1 fully saturated rings. The van der Waals surface area contributed by atoms with Crippen molar-refractivity contribution >= 4 is 0 Å². The molecule has 10 heavy (non-hydrogen) atoms. The monoisotopic (exact) mass is 141 g/mol. The van der Waals surface area contributed by atoms with Crippen LogP contribution in [0.3, 0.4) is 0 Å². The molecule has 2 N–H and O–H groups in total. The van der Waals surface area contributed by atoms with Gasteiger partial charge in [-0.05, 0) is 31.6 Å². The molecule has 0 radical (unpaired) electrons. The molecule has 1 aliphatic carbocycles. The van der Waals surface area contributed by atoms with E-state index < -0.39 is 0 Å². The second kappa shape index (κ2) is 2.23. The molecule has 1 rings (SSSR count). The van der Waals surface area contributed by atoms with E-state index in [1.807, 2.05) is 0 Å². The summed E-state index contributed by atoms with van der Waals surface area (Å²) in [6.45, 7) is 6.71. The maximum Gasteiger partial charge on any atom is 0.0180 e. The van der Waals surface area contributed by atoms with Crippen LogP contribution >= 0.6 is 0 Å². The highest BCUT2D eigenvalue weighted by atomic mass is 14.8. The molecular formula is C9H19N. The van der Waals surface area contributed by atoms with Crippen LogP contribution in [0.1, 0.15) is 46.5 Å². The lowest BCUT2D eigenvalue weighted by Gasteiger charge is -2.31. The Balaban J connectivity index is 2.50. The van der Waals surface area contributed by atoms with Gasteiger partial charge in [-0.2, -0.15) is 0 Å². The van der Waals surface area contributed by atoms with Crippen LogP contribution in [0.2, 0.25) is 0 Å². The van der Waals surface area contributed by atoms with Gasteiger partial charge in [0.2, 0.25) is 0 Å². The Morgan fingerprint density at radius 1 is 1.50 bits per heavy atom. The lowest BCUT2D eigenvalue weighted by atomic mass is 9.81. The fourth-order valence-corrected chi connectivity index (χ4v) is 1.58. The number of hydrogen-bond acceptors (Lipinski definition) is 1. The molecule has 0 aromatic heterocycles.